The second-order valence-electron chi connectivity index (χ2n) is 8.28. The van der Waals surface area contributed by atoms with E-state index in [0.29, 0.717) is 24.3 Å². The van der Waals surface area contributed by atoms with E-state index in [1.54, 1.807) is 41.5 Å². The van der Waals surface area contributed by atoms with Crippen molar-refractivity contribution in [2.75, 3.05) is 13.1 Å². The van der Waals surface area contributed by atoms with Crippen LogP contribution in [-0.4, -0.2) is 64.4 Å². The minimum absolute atomic E-state index is 0.161. The van der Waals surface area contributed by atoms with Crippen LogP contribution in [0.5, 0.6) is 0 Å². The number of aliphatic carboxylic acids is 1. The summed E-state index contributed by atoms with van der Waals surface area (Å²) in [4.78, 5) is 48.9. The minimum atomic E-state index is -1.39. The Hall–Kier alpha value is -2.36. The normalized spacial score (nSPS) is 12.7. The second-order valence-corrected chi connectivity index (χ2v) is 8.28. The van der Waals surface area contributed by atoms with Gasteiger partial charge in [0.05, 0.1) is 0 Å². The molecule has 10 nitrogen and oxygen atoms in total. The third-order valence-electron chi connectivity index (χ3n) is 3.11. The zero-order chi connectivity index (χ0) is 22.1. The molecule has 0 aromatic heterocycles. The lowest BCUT2D eigenvalue weighted by Crippen LogP contribution is -2.53. The molecular weight excluding hydrogens is 370 g/mol. The molecule has 1 atom stereocenters. The number of nitrogens with zero attached hydrogens (tertiary/aromatic N) is 1. The SMILES string of the molecule is CC(C)(C)OC(=O)N[C@@H](CCCCN)C(=O)N(CC(=O)O)C(=O)OC(C)(C)C. The van der Waals surface area contributed by atoms with Crippen LogP contribution in [0.3, 0.4) is 0 Å². The summed E-state index contributed by atoms with van der Waals surface area (Å²) in [5.74, 6) is -2.28. The fourth-order valence-electron chi connectivity index (χ4n) is 2.07. The standard InChI is InChI=1S/C18H33N3O7/c1-17(2,3)27-15(25)20-12(9-7-8-10-19)14(24)21(11-13(22)23)16(26)28-18(4,5)6/h12H,7-11,19H2,1-6H3,(H,20,25)(H,22,23)/t12-/m0/s1. The molecule has 0 aliphatic carbocycles. The summed E-state index contributed by atoms with van der Waals surface area (Å²) in [5, 5.41) is 11.5. The number of imide groups is 1. The molecule has 0 fully saturated rings. The molecule has 0 saturated carbocycles. The summed E-state index contributed by atoms with van der Waals surface area (Å²) < 4.78 is 10.3. The van der Waals surface area contributed by atoms with Crippen molar-refractivity contribution in [3.05, 3.63) is 0 Å². The number of carboxylic acid groups (broad SMARTS) is 1. The molecule has 28 heavy (non-hydrogen) atoms. The van der Waals surface area contributed by atoms with Gasteiger partial charge in [-0.1, -0.05) is 0 Å². The summed E-state index contributed by atoms with van der Waals surface area (Å²) in [7, 11) is 0. The molecule has 0 aliphatic rings. The van der Waals surface area contributed by atoms with Crippen molar-refractivity contribution in [3.8, 4) is 0 Å². The maximum atomic E-state index is 12.9. The molecule has 162 valence electrons. The summed E-state index contributed by atoms with van der Waals surface area (Å²) in [6.07, 6.45) is -0.718. The Morgan fingerprint density at radius 3 is 1.96 bits per heavy atom. The Labute approximate surface area is 165 Å². The molecule has 0 saturated heterocycles. The summed E-state index contributed by atoms with van der Waals surface area (Å²) >= 11 is 0. The topological polar surface area (TPSA) is 148 Å². The lowest BCUT2D eigenvalue weighted by Gasteiger charge is -2.29. The Bertz CT molecular complexity index is 565. The van der Waals surface area contributed by atoms with Crippen LogP contribution in [0, 0.1) is 0 Å². The van der Waals surface area contributed by atoms with Gasteiger partial charge in [0.2, 0.25) is 0 Å². The van der Waals surface area contributed by atoms with E-state index < -0.39 is 47.9 Å². The van der Waals surface area contributed by atoms with E-state index in [4.69, 9.17) is 20.3 Å². The average molecular weight is 403 g/mol. The molecule has 0 aromatic carbocycles. The van der Waals surface area contributed by atoms with Crippen LogP contribution in [-0.2, 0) is 19.1 Å². The fourth-order valence-corrected chi connectivity index (χ4v) is 2.07. The van der Waals surface area contributed by atoms with Crippen LogP contribution in [0.2, 0.25) is 0 Å². The highest BCUT2D eigenvalue weighted by atomic mass is 16.6. The van der Waals surface area contributed by atoms with Gasteiger partial charge in [0.25, 0.3) is 5.91 Å². The van der Waals surface area contributed by atoms with Gasteiger partial charge in [0.1, 0.15) is 23.8 Å². The first-order valence-corrected chi connectivity index (χ1v) is 9.12. The third kappa shape index (κ3) is 11.4. The number of hydrogen-bond acceptors (Lipinski definition) is 7. The predicted octanol–water partition coefficient (Wildman–Crippen LogP) is 1.86. The van der Waals surface area contributed by atoms with Crippen LogP contribution in [0.15, 0.2) is 0 Å². The quantitative estimate of drug-likeness (QED) is 0.520. The predicted molar refractivity (Wildman–Crippen MR) is 102 cm³/mol. The first kappa shape index (κ1) is 25.6. The van der Waals surface area contributed by atoms with Crippen LogP contribution >= 0.6 is 0 Å². The van der Waals surface area contributed by atoms with E-state index in [1.807, 2.05) is 0 Å². The molecule has 4 N–H and O–H groups in total. The summed E-state index contributed by atoms with van der Waals surface area (Å²) in [5.41, 5.74) is 3.74. The van der Waals surface area contributed by atoms with Crippen molar-refractivity contribution in [3.63, 3.8) is 0 Å². The molecule has 0 spiro atoms. The number of amides is 3. The fraction of sp³-hybridized carbons (Fsp3) is 0.778. The number of carbonyl (C=O) groups excluding carboxylic acids is 3. The smallest absolute Gasteiger partial charge is 0.417 e. The Kier molecular flexibility index (Phi) is 9.93. The number of carboxylic acids is 1. The summed E-state index contributed by atoms with van der Waals surface area (Å²) in [6, 6.07) is -1.16. The van der Waals surface area contributed by atoms with Gasteiger partial charge in [-0.05, 0) is 67.3 Å². The van der Waals surface area contributed by atoms with Crippen molar-refractivity contribution >= 4 is 24.1 Å². The van der Waals surface area contributed by atoms with Gasteiger partial charge >= 0.3 is 18.2 Å². The molecular formula is C18H33N3O7. The van der Waals surface area contributed by atoms with Crippen LogP contribution < -0.4 is 11.1 Å². The first-order valence-electron chi connectivity index (χ1n) is 9.12. The van der Waals surface area contributed by atoms with E-state index in [0.717, 1.165) is 0 Å². The highest BCUT2D eigenvalue weighted by Crippen LogP contribution is 2.14. The van der Waals surface area contributed by atoms with Crippen LogP contribution in [0.25, 0.3) is 0 Å². The molecule has 0 bridgehead atoms. The van der Waals surface area contributed by atoms with Gasteiger partial charge in [-0.15, -0.1) is 0 Å². The molecule has 0 radical (unpaired) electrons. The average Bonchev–Trinajstić information content (AvgIpc) is 2.47. The number of rotatable bonds is 8. The van der Waals surface area contributed by atoms with Crippen molar-refractivity contribution in [2.45, 2.75) is 78.0 Å². The highest BCUT2D eigenvalue weighted by molar-refractivity contribution is 5.98. The number of nitrogens with two attached hydrogens (primary N) is 1. The molecule has 0 unspecified atom stereocenters. The number of nitrogens with one attached hydrogen (secondary N) is 1. The van der Waals surface area contributed by atoms with Crippen LogP contribution in [0.1, 0.15) is 60.8 Å². The van der Waals surface area contributed by atoms with Crippen molar-refractivity contribution in [1.82, 2.24) is 10.2 Å². The maximum Gasteiger partial charge on any atom is 0.417 e. The lowest BCUT2D eigenvalue weighted by molar-refractivity contribution is -0.144. The van der Waals surface area contributed by atoms with Gasteiger partial charge in [0.15, 0.2) is 0 Å². The highest BCUT2D eigenvalue weighted by Gasteiger charge is 2.35. The number of alkyl carbamates (subject to hydrolysis) is 1. The van der Waals surface area contributed by atoms with Crippen molar-refractivity contribution < 1.29 is 33.8 Å². The van der Waals surface area contributed by atoms with Gasteiger partial charge in [-0.25, -0.2) is 14.5 Å². The zero-order valence-electron chi connectivity index (χ0n) is 17.5. The minimum Gasteiger partial charge on any atom is -0.480 e. The Morgan fingerprint density at radius 1 is 1.00 bits per heavy atom. The summed E-state index contributed by atoms with van der Waals surface area (Å²) in [6.45, 7) is 9.25. The molecule has 0 aliphatic heterocycles. The first-order chi connectivity index (χ1) is 12.7. The molecule has 3 amide bonds. The van der Waals surface area contributed by atoms with Gasteiger partial charge < -0.3 is 25.6 Å². The van der Waals surface area contributed by atoms with E-state index in [9.17, 15) is 19.2 Å². The van der Waals surface area contributed by atoms with E-state index in [1.165, 1.54) is 0 Å². The van der Waals surface area contributed by atoms with Gasteiger partial charge in [-0.3, -0.25) is 9.59 Å². The molecule has 0 rings (SSSR count). The number of hydrogen-bond donors (Lipinski definition) is 3. The third-order valence-corrected chi connectivity index (χ3v) is 3.11. The van der Waals surface area contributed by atoms with Crippen molar-refractivity contribution in [2.24, 2.45) is 5.73 Å². The number of ether oxygens (including phenoxy) is 2. The maximum absolute atomic E-state index is 12.9. The molecule has 0 aromatic rings. The lowest BCUT2D eigenvalue weighted by atomic mass is 10.1. The van der Waals surface area contributed by atoms with E-state index in [2.05, 4.69) is 5.32 Å². The zero-order valence-corrected chi connectivity index (χ0v) is 17.5. The monoisotopic (exact) mass is 403 g/mol. The number of carbonyl (C=O) groups is 4. The molecule has 10 heteroatoms. The van der Waals surface area contributed by atoms with E-state index >= 15 is 0 Å². The van der Waals surface area contributed by atoms with Crippen molar-refractivity contribution in [1.29, 1.82) is 0 Å². The van der Waals surface area contributed by atoms with Gasteiger partial charge in [-0.2, -0.15) is 0 Å². The van der Waals surface area contributed by atoms with E-state index in [-0.39, 0.29) is 6.42 Å². The Balaban J connectivity index is 5.50. The van der Waals surface area contributed by atoms with Crippen LogP contribution in [0.4, 0.5) is 9.59 Å². The largest absolute Gasteiger partial charge is 0.480 e. The molecule has 0 heterocycles. The number of unbranched alkanes of at least 4 members (excludes halogenated alkanes) is 1. The van der Waals surface area contributed by atoms with Gasteiger partial charge in [0, 0.05) is 0 Å². The Morgan fingerprint density at radius 2 is 1.54 bits per heavy atom. The second kappa shape index (κ2) is 10.8.